The number of unbranched alkanes of at least 4 members (excludes halogenated alkanes) is 1. The minimum absolute atomic E-state index is 0.298. The van der Waals surface area contributed by atoms with E-state index in [0.29, 0.717) is 19.4 Å². The quantitative estimate of drug-likeness (QED) is 0.516. The van der Waals surface area contributed by atoms with E-state index in [-0.39, 0.29) is 0 Å². The Morgan fingerprint density at radius 2 is 2.20 bits per heavy atom. The van der Waals surface area contributed by atoms with E-state index in [1.807, 2.05) is 0 Å². The Kier molecular flexibility index (Phi) is 4.88. The van der Waals surface area contributed by atoms with E-state index < -0.39 is 12.0 Å². The fourth-order valence-electron chi connectivity index (χ4n) is 0.605. The Bertz CT molecular complexity index is 106. The SMILES string of the molecule is [N]C(CCCCN)C(=O)O. The number of hydrogen-bond acceptors (Lipinski definition) is 2. The summed E-state index contributed by atoms with van der Waals surface area (Å²) in [6.45, 7) is 0.548. The largest absolute Gasteiger partial charge is 0.480 e. The first-order chi connectivity index (χ1) is 4.68. The first kappa shape index (κ1) is 9.39. The molecule has 0 aromatic carbocycles. The highest BCUT2D eigenvalue weighted by atomic mass is 16.4. The third kappa shape index (κ3) is 4.29. The van der Waals surface area contributed by atoms with E-state index in [1.165, 1.54) is 0 Å². The molecule has 0 fully saturated rings. The Morgan fingerprint density at radius 3 is 2.60 bits per heavy atom. The van der Waals surface area contributed by atoms with Crippen molar-refractivity contribution in [3.8, 4) is 0 Å². The monoisotopic (exact) mass is 144 g/mol. The van der Waals surface area contributed by atoms with Crippen molar-refractivity contribution in [3.05, 3.63) is 0 Å². The standard InChI is InChI=1S/C6H12N2O2/c7-4-2-1-3-5(8)6(9)10/h5H,1-4,7H2,(H,9,10). The van der Waals surface area contributed by atoms with Crippen molar-refractivity contribution >= 4 is 5.97 Å². The van der Waals surface area contributed by atoms with Gasteiger partial charge in [-0.25, -0.2) is 0 Å². The van der Waals surface area contributed by atoms with E-state index in [9.17, 15) is 4.79 Å². The van der Waals surface area contributed by atoms with Gasteiger partial charge in [0.1, 0.15) is 6.04 Å². The Balaban J connectivity index is 3.21. The maximum Gasteiger partial charge on any atom is 0.324 e. The molecular weight excluding hydrogens is 132 g/mol. The van der Waals surface area contributed by atoms with Crippen LogP contribution in [0.1, 0.15) is 19.3 Å². The summed E-state index contributed by atoms with van der Waals surface area (Å²) >= 11 is 0. The van der Waals surface area contributed by atoms with Crippen LogP contribution < -0.4 is 11.5 Å². The molecule has 0 rings (SSSR count). The fraction of sp³-hybridized carbons (Fsp3) is 0.833. The Morgan fingerprint density at radius 1 is 1.60 bits per heavy atom. The van der Waals surface area contributed by atoms with Crippen LogP contribution in [-0.4, -0.2) is 23.7 Å². The summed E-state index contributed by atoms with van der Waals surface area (Å²) in [4.78, 5) is 10.0. The van der Waals surface area contributed by atoms with E-state index in [0.717, 1.165) is 6.42 Å². The third-order valence-electron chi connectivity index (χ3n) is 1.22. The predicted octanol–water partition coefficient (Wildman–Crippen LogP) is -0.363. The lowest BCUT2D eigenvalue weighted by Crippen LogP contribution is -2.21. The highest BCUT2D eigenvalue weighted by molar-refractivity contribution is 5.72. The van der Waals surface area contributed by atoms with E-state index >= 15 is 0 Å². The molecule has 0 saturated carbocycles. The van der Waals surface area contributed by atoms with Crippen molar-refractivity contribution in [3.63, 3.8) is 0 Å². The van der Waals surface area contributed by atoms with Gasteiger partial charge in [0.2, 0.25) is 0 Å². The second-order valence-electron chi connectivity index (χ2n) is 2.14. The number of aliphatic carboxylic acids is 1. The van der Waals surface area contributed by atoms with Crippen LogP contribution in [0.3, 0.4) is 0 Å². The molecule has 0 aromatic heterocycles. The molecule has 0 spiro atoms. The summed E-state index contributed by atoms with van der Waals surface area (Å²) in [5.41, 5.74) is 13.9. The predicted molar refractivity (Wildman–Crippen MR) is 36.5 cm³/mol. The molecule has 0 heterocycles. The van der Waals surface area contributed by atoms with Crippen LogP contribution in [0, 0.1) is 0 Å². The molecule has 58 valence electrons. The van der Waals surface area contributed by atoms with Gasteiger partial charge >= 0.3 is 5.97 Å². The maximum atomic E-state index is 10.0. The zero-order chi connectivity index (χ0) is 7.98. The summed E-state index contributed by atoms with van der Waals surface area (Å²) < 4.78 is 0. The normalized spacial score (nSPS) is 13.0. The molecule has 0 aliphatic heterocycles. The van der Waals surface area contributed by atoms with E-state index in [1.54, 1.807) is 0 Å². The van der Waals surface area contributed by atoms with Crippen LogP contribution in [0.25, 0.3) is 0 Å². The zero-order valence-electron chi connectivity index (χ0n) is 5.79. The van der Waals surface area contributed by atoms with Crippen LogP contribution in [0.15, 0.2) is 0 Å². The minimum Gasteiger partial charge on any atom is -0.480 e. The number of nitrogens with zero attached hydrogens (tertiary/aromatic N) is 1. The number of carboxylic acids is 1. The molecule has 0 bridgehead atoms. The second kappa shape index (κ2) is 5.20. The summed E-state index contributed by atoms with van der Waals surface area (Å²) in [7, 11) is 0. The smallest absolute Gasteiger partial charge is 0.324 e. The summed E-state index contributed by atoms with van der Waals surface area (Å²) in [6.07, 6.45) is 1.74. The summed E-state index contributed by atoms with van der Waals surface area (Å²) in [6, 6.07) is -1.22. The third-order valence-corrected chi connectivity index (χ3v) is 1.22. The molecule has 4 heteroatoms. The maximum absolute atomic E-state index is 10.0. The van der Waals surface area contributed by atoms with Gasteiger partial charge in [0, 0.05) is 0 Å². The van der Waals surface area contributed by atoms with Crippen molar-refractivity contribution in [1.29, 1.82) is 0 Å². The number of rotatable bonds is 5. The number of hydrogen-bond donors (Lipinski definition) is 2. The van der Waals surface area contributed by atoms with Gasteiger partial charge in [-0.3, -0.25) is 4.79 Å². The van der Waals surface area contributed by atoms with E-state index in [2.05, 4.69) is 0 Å². The van der Waals surface area contributed by atoms with Crippen molar-refractivity contribution in [1.82, 2.24) is 5.73 Å². The van der Waals surface area contributed by atoms with Crippen LogP contribution in [0.5, 0.6) is 0 Å². The molecule has 4 nitrogen and oxygen atoms in total. The van der Waals surface area contributed by atoms with E-state index in [4.69, 9.17) is 16.6 Å². The summed E-state index contributed by atoms with van der Waals surface area (Å²) in [5, 5.41) is 8.20. The number of carbonyl (C=O) groups is 1. The highest BCUT2D eigenvalue weighted by Crippen LogP contribution is 1.98. The Hall–Kier alpha value is -0.610. The molecule has 0 saturated heterocycles. The molecule has 1 atom stereocenters. The lowest BCUT2D eigenvalue weighted by molar-refractivity contribution is -0.138. The Labute approximate surface area is 60.2 Å². The van der Waals surface area contributed by atoms with Gasteiger partial charge in [-0.2, -0.15) is 0 Å². The average Bonchev–Trinajstić information content (AvgIpc) is 1.88. The van der Waals surface area contributed by atoms with Gasteiger partial charge in [0.15, 0.2) is 0 Å². The lowest BCUT2D eigenvalue weighted by atomic mass is 10.1. The summed E-state index contributed by atoms with van der Waals surface area (Å²) in [5.74, 6) is -1.16. The topological polar surface area (TPSA) is 85.6 Å². The first-order valence-corrected chi connectivity index (χ1v) is 3.29. The van der Waals surface area contributed by atoms with Gasteiger partial charge in [-0.15, -0.1) is 5.73 Å². The number of carboxylic acid groups (broad SMARTS) is 1. The molecule has 0 aliphatic rings. The highest BCUT2D eigenvalue weighted by Gasteiger charge is 2.11. The van der Waals surface area contributed by atoms with Gasteiger partial charge in [-0.05, 0) is 25.8 Å². The zero-order valence-corrected chi connectivity index (χ0v) is 5.79. The van der Waals surface area contributed by atoms with Gasteiger partial charge in [0.25, 0.3) is 0 Å². The van der Waals surface area contributed by atoms with Crippen LogP contribution in [-0.2, 0) is 4.79 Å². The van der Waals surface area contributed by atoms with Crippen molar-refractivity contribution < 1.29 is 9.90 Å². The average molecular weight is 144 g/mol. The lowest BCUT2D eigenvalue weighted by Gasteiger charge is -2.01. The molecule has 10 heavy (non-hydrogen) atoms. The van der Waals surface area contributed by atoms with Crippen LogP contribution in [0.2, 0.25) is 0 Å². The molecule has 0 aliphatic carbocycles. The molecular formula is C6H12N2O2. The fourth-order valence-corrected chi connectivity index (χ4v) is 0.605. The van der Waals surface area contributed by atoms with Gasteiger partial charge in [0.05, 0.1) is 0 Å². The molecule has 0 aromatic rings. The molecule has 1 unspecified atom stereocenters. The molecule has 0 amide bonds. The van der Waals surface area contributed by atoms with Crippen molar-refractivity contribution in [2.75, 3.05) is 6.54 Å². The van der Waals surface area contributed by atoms with Crippen LogP contribution >= 0.6 is 0 Å². The molecule has 2 radical (unpaired) electrons. The molecule has 3 N–H and O–H groups in total. The number of nitrogens with two attached hydrogens (primary N) is 1. The minimum atomic E-state index is -1.22. The van der Waals surface area contributed by atoms with Crippen LogP contribution in [0.4, 0.5) is 0 Å². The van der Waals surface area contributed by atoms with Crippen molar-refractivity contribution in [2.45, 2.75) is 25.3 Å². The first-order valence-electron chi connectivity index (χ1n) is 3.29. The second-order valence-corrected chi connectivity index (χ2v) is 2.14. The van der Waals surface area contributed by atoms with Crippen molar-refractivity contribution in [2.24, 2.45) is 5.73 Å². The van der Waals surface area contributed by atoms with Gasteiger partial charge < -0.3 is 10.8 Å². The van der Waals surface area contributed by atoms with Gasteiger partial charge in [-0.1, -0.05) is 0 Å².